The third kappa shape index (κ3) is 6.71. The van der Waals surface area contributed by atoms with Crippen molar-refractivity contribution in [2.24, 2.45) is 5.92 Å². The van der Waals surface area contributed by atoms with Gasteiger partial charge in [-0.2, -0.15) is 0 Å². The van der Waals surface area contributed by atoms with Crippen LogP contribution in [0, 0.1) is 5.92 Å². The van der Waals surface area contributed by atoms with E-state index in [9.17, 15) is 13.2 Å². The number of halogens is 4. The Morgan fingerprint density at radius 1 is 1.32 bits per heavy atom. The van der Waals surface area contributed by atoms with Crippen LogP contribution in [0.15, 0.2) is 22.7 Å². The summed E-state index contributed by atoms with van der Waals surface area (Å²) in [6.07, 6.45) is -2.53. The molecule has 0 bridgehead atoms. The number of hydrogen-bond donors (Lipinski definition) is 1. The van der Waals surface area contributed by atoms with E-state index in [1.165, 1.54) is 6.07 Å². The van der Waals surface area contributed by atoms with Crippen LogP contribution in [0.25, 0.3) is 0 Å². The summed E-state index contributed by atoms with van der Waals surface area (Å²) in [6, 6.07) is 4.44. The van der Waals surface area contributed by atoms with Gasteiger partial charge in [0.25, 0.3) is 0 Å². The van der Waals surface area contributed by atoms with Gasteiger partial charge in [-0.1, -0.05) is 13.8 Å². The molecule has 0 radical (unpaired) electrons. The van der Waals surface area contributed by atoms with Crippen LogP contribution < -0.4 is 10.1 Å². The van der Waals surface area contributed by atoms with Crippen molar-refractivity contribution in [3.05, 3.63) is 22.7 Å². The van der Waals surface area contributed by atoms with E-state index in [0.717, 1.165) is 25.1 Å². The highest BCUT2D eigenvalue weighted by Crippen LogP contribution is 2.32. The zero-order valence-electron chi connectivity index (χ0n) is 10.9. The minimum atomic E-state index is -4.67. The zero-order chi connectivity index (χ0) is 14.5. The predicted molar refractivity (Wildman–Crippen MR) is 73.4 cm³/mol. The van der Waals surface area contributed by atoms with Gasteiger partial charge in [0.1, 0.15) is 5.75 Å². The Labute approximate surface area is 119 Å². The van der Waals surface area contributed by atoms with Crippen LogP contribution in [0.1, 0.15) is 26.7 Å². The number of ether oxygens (including phenoxy) is 1. The molecule has 108 valence electrons. The molecule has 0 unspecified atom stereocenters. The van der Waals surface area contributed by atoms with Gasteiger partial charge in [-0.15, -0.1) is 13.2 Å². The van der Waals surface area contributed by atoms with E-state index in [0.29, 0.717) is 5.92 Å². The van der Waals surface area contributed by atoms with Crippen LogP contribution in [0.4, 0.5) is 18.9 Å². The molecule has 0 fully saturated rings. The lowest BCUT2D eigenvalue weighted by Gasteiger charge is -2.12. The lowest BCUT2D eigenvalue weighted by atomic mass is 10.1. The highest BCUT2D eigenvalue weighted by Gasteiger charge is 2.31. The van der Waals surface area contributed by atoms with E-state index in [2.05, 4.69) is 39.8 Å². The van der Waals surface area contributed by atoms with Gasteiger partial charge in [0.2, 0.25) is 0 Å². The van der Waals surface area contributed by atoms with Gasteiger partial charge in [-0.3, -0.25) is 0 Å². The largest absolute Gasteiger partial charge is 0.573 e. The van der Waals surface area contributed by atoms with Crippen molar-refractivity contribution in [3.63, 3.8) is 0 Å². The van der Waals surface area contributed by atoms with Crippen LogP contribution >= 0.6 is 15.9 Å². The first kappa shape index (κ1) is 16.1. The van der Waals surface area contributed by atoms with E-state index in [-0.39, 0.29) is 10.2 Å². The van der Waals surface area contributed by atoms with Gasteiger partial charge in [0.15, 0.2) is 0 Å². The van der Waals surface area contributed by atoms with Crippen LogP contribution in [-0.4, -0.2) is 12.9 Å². The maximum atomic E-state index is 12.1. The van der Waals surface area contributed by atoms with Crippen molar-refractivity contribution in [1.29, 1.82) is 0 Å². The van der Waals surface area contributed by atoms with Crippen molar-refractivity contribution in [3.8, 4) is 5.75 Å². The van der Waals surface area contributed by atoms with E-state index in [1.54, 1.807) is 12.1 Å². The Balaban J connectivity index is 2.52. The van der Waals surface area contributed by atoms with Gasteiger partial charge in [-0.05, 0) is 52.9 Å². The molecule has 0 aromatic heterocycles. The van der Waals surface area contributed by atoms with Crippen molar-refractivity contribution < 1.29 is 17.9 Å². The van der Waals surface area contributed by atoms with E-state index < -0.39 is 6.36 Å². The maximum absolute atomic E-state index is 12.1. The number of alkyl halides is 3. The molecule has 0 aliphatic heterocycles. The van der Waals surface area contributed by atoms with E-state index >= 15 is 0 Å². The Hall–Kier alpha value is -0.910. The lowest BCUT2D eigenvalue weighted by Crippen LogP contribution is -2.17. The molecule has 0 amide bonds. The van der Waals surface area contributed by atoms with Crippen molar-refractivity contribution >= 4 is 21.6 Å². The molecule has 2 nitrogen and oxygen atoms in total. The highest BCUT2D eigenvalue weighted by molar-refractivity contribution is 9.10. The fourth-order valence-electron chi connectivity index (χ4n) is 1.56. The van der Waals surface area contributed by atoms with Gasteiger partial charge in [0.05, 0.1) is 4.47 Å². The summed E-state index contributed by atoms with van der Waals surface area (Å²) in [5.74, 6) is 0.413. The molecule has 0 saturated heterocycles. The quantitative estimate of drug-likeness (QED) is 0.719. The number of rotatable bonds is 6. The van der Waals surface area contributed by atoms with Crippen LogP contribution in [-0.2, 0) is 0 Å². The molecule has 0 heterocycles. The molecule has 1 aromatic rings. The third-order valence-electron chi connectivity index (χ3n) is 2.44. The number of benzene rings is 1. The Kier molecular flexibility index (Phi) is 5.97. The molecular formula is C13H17BrF3NO. The molecule has 19 heavy (non-hydrogen) atoms. The second-order valence-corrected chi connectivity index (χ2v) is 5.51. The first-order chi connectivity index (χ1) is 8.78. The van der Waals surface area contributed by atoms with Crippen molar-refractivity contribution in [2.75, 3.05) is 11.9 Å². The van der Waals surface area contributed by atoms with Crippen LogP contribution in [0.2, 0.25) is 0 Å². The minimum Gasteiger partial charge on any atom is -0.405 e. The van der Waals surface area contributed by atoms with Gasteiger partial charge in [-0.25, -0.2) is 0 Å². The smallest absolute Gasteiger partial charge is 0.405 e. The van der Waals surface area contributed by atoms with Gasteiger partial charge in [0, 0.05) is 12.2 Å². The Morgan fingerprint density at radius 2 is 2.00 bits per heavy atom. The SMILES string of the molecule is CC(C)CCCNc1ccc(OC(F)(F)F)c(Br)c1. The normalized spacial score (nSPS) is 11.7. The molecule has 0 aliphatic rings. The maximum Gasteiger partial charge on any atom is 0.573 e. The second kappa shape index (κ2) is 7.03. The molecule has 1 aromatic carbocycles. The number of nitrogens with one attached hydrogen (secondary N) is 1. The fraction of sp³-hybridized carbons (Fsp3) is 0.538. The predicted octanol–water partition coefficient (Wildman–Crippen LogP) is 5.20. The highest BCUT2D eigenvalue weighted by atomic mass is 79.9. The first-order valence-corrected chi connectivity index (χ1v) is 6.86. The summed E-state index contributed by atoms with van der Waals surface area (Å²) in [5.41, 5.74) is 0.769. The molecule has 1 rings (SSSR count). The van der Waals surface area contributed by atoms with Crippen molar-refractivity contribution in [2.45, 2.75) is 33.1 Å². The summed E-state index contributed by atoms with van der Waals surface area (Å²) >= 11 is 3.07. The zero-order valence-corrected chi connectivity index (χ0v) is 12.4. The molecule has 1 N–H and O–H groups in total. The average molecular weight is 340 g/mol. The topological polar surface area (TPSA) is 21.3 Å². The molecule has 0 spiro atoms. The average Bonchev–Trinajstić information content (AvgIpc) is 2.26. The number of hydrogen-bond acceptors (Lipinski definition) is 2. The van der Waals surface area contributed by atoms with E-state index in [4.69, 9.17) is 0 Å². The van der Waals surface area contributed by atoms with Crippen LogP contribution in [0.5, 0.6) is 5.75 Å². The molecule has 0 aliphatic carbocycles. The molecule has 0 atom stereocenters. The Morgan fingerprint density at radius 3 is 2.53 bits per heavy atom. The van der Waals surface area contributed by atoms with E-state index in [1.807, 2.05) is 0 Å². The van der Waals surface area contributed by atoms with Crippen molar-refractivity contribution in [1.82, 2.24) is 0 Å². The number of anilines is 1. The van der Waals surface area contributed by atoms with Gasteiger partial charge >= 0.3 is 6.36 Å². The summed E-state index contributed by atoms with van der Waals surface area (Å²) < 4.78 is 40.4. The summed E-state index contributed by atoms with van der Waals surface area (Å²) in [6.45, 7) is 5.10. The third-order valence-corrected chi connectivity index (χ3v) is 3.06. The summed E-state index contributed by atoms with van der Waals surface area (Å²) in [4.78, 5) is 0. The fourth-order valence-corrected chi connectivity index (χ4v) is 2.02. The monoisotopic (exact) mass is 339 g/mol. The van der Waals surface area contributed by atoms with Gasteiger partial charge < -0.3 is 10.1 Å². The summed E-state index contributed by atoms with van der Waals surface area (Å²) in [5, 5.41) is 3.16. The molecule has 0 saturated carbocycles. The first-order valence-electron chi connectivity index (χ1n) is 6.07. The van der Waals surface area contributed by atoms with Crippen LogP contribution in [0.3, 0.4) is 0 Å². The lowest BCUT2D eigenvalue weighted by molar-refractivity contribution is -0.274. The molecular weight excluding hydrogens is 323 g/mol. The molecule has 6 heteroatoms. The second-order valence-electron chi connectivity index (χ2n) is 4.66. The standard InChI is InChI=1S/C13H17BrF3NO/c1-9(2)4-3-7-18-10-5-6-12(11(14)8-10)19-13(15,16)17/h5-6,8-9,18H,3-4,7H2,1-2H3. The Bertz CT molecular complexity index is 407. The summed E-state index contributed by atoms with van der Waals surface area (Å²) in [7, 11) is 0. The minimum absolute atomic E-state index is 0.236.